The Morgan fingerprint density at radius 2 is 1.85 bits per heavy atom. The van der Waals surface area contributed by atoms with E-state index in [4.69, 9.17) is 10.2 Å². The lowest BCUT2D eigenvalue weighted by molar-refractivity contribution is -0.137. The van der Waals surface area contributed by atoms with Gasteiger partial charge in [-0.3, -0.25) is 4.79 Å². The fourth-order valence-electron chi connectivity index (χ4n) is 0.711. The van der Waals surface area contributed by atoms with Crippen LogP contribution in [0.15, 0.2) is 0 Å². The Kier molecular flexibility index (Phi) is 13.1. The van der Waals surface area contributed by atoms with Gasteiger partial charge in [0.25, 0.3) is 0 Å². The first kappa shape index (κ1) is 14.9. The predicted octanol–water partition coefficient (Wildman–Crippen LogP) is 2.29. The molecule has 0 aromatic rings. The minimum Gasteiger partial charge on any atom is -0.481 e. The molecule has 2 N–H and O–H groups in total. The van der Waals surface area contributed by atoms with Crippen molar-refractivity contribution in [1.82, 2.24) is 0 Å². The van der Waals surface area contributed by atoms with Gasteiger partial charge in [-0.05, 0) is 12.3 Å². The molecule has 0 spiro atoms. The van der Waals surface area contributed by atoms with Gasteiger partial charge in [0.2, 0.25) is 0 Å². The van der Waals surface area contributed by atoms with Gasteiger partial charge < -0.3 is 10.2 Å². The van der Waals surface area contributed by atoms with Gasteiger partial charge in [-0.1, -0.05) is 33.6 Å². The van der Waals surface area contributed by atoms with E-state index in [0.29, 0.717) is 6.61 Å². The lowest BCUT2D eigenvalue weighted by Gasteiger charge is -1.94. The van der Waals surface area contributed by atoms with Crippen molar-refractivity contribution >= 4 is 5.97 Å². The molecule has 80 valence electrons. The summed E-state index contributed by atoms with van der Waals surface area (Å²) in [5.41, 5.74) is 0. The zero-order chi connectivity index (χ0) is 10.7. The van der Waals surface area contributed by atoms with Crippen molar-refractivity contribution in [3.8, 4) is 0 Å². The Morgan fingerprint density at radius 3 is 1.92 bits per heavy atom. The van der Waals surface area contributed by atoms with Crippen molar-refractivity contribution in [1.29, 1.82) is 0 Å². The fraction of sp³-hybridized carbons (Fsp3) is 0.900. The molecule has 13 heavy (non-hydrogen) atoms. The first-order chi connectivity index (χ1) is 6.04. The Hall–Kier alpha value is -0.570. The molecule has 0 aliphatic heterocycles. The van der Waals surface area contributed by atoms with Crippen molar-refractivity contribution in [2.75, 3.05) is 6.61 Å². The summed E-state index contributed by atoms with van der Waals surface area (Å²) in [4.78, 5) is 9.81. The lowest BCUT2D eigenvalue weighted by Crippen LogP contribution is -1.99. The number of aliphatic hydroxyl groups excluding tert-OH is 1. The number of unbranched alkanes of at least 4 members (excludes halogenated alkanes) is 2. The second-order valence-corrected chi connectivity index (χ2v) is 3.42. The quantitative estimate of drug-likeness (QED) is 0.654. The van der Waals surface area contributed by atoms with Crippen LogP contribution in [0.2, 0.25) is 0 Å². The number of carbonyl (C=O) groups is 1. The first-order valence-corrected chi connectivity index (χ1v) is 4.87. The zero-order valence-electron chi connectivity index (χ0n) is 8.92. The molecule has 0 aromatic heterocycles. The maximum atomic E-state index is 9.81. The molecular formula is C10H22O3. The molecule has 0 saturated carbocycles. The summed E-state index contributed by atoms with van der Waals surface area (Å²) in [6.07, 6.45) is 3.60. The average molecular weight is 190 g/mol. The van der Waals surface area contributed by atoms with Gasteiger partial charge in [0.1, 0.15) is 0 Å². The summed E-state index contributed by atoms with van der Waals surface area (Å²) >= 11 is 0. The van der Waals surface area contributed by atoms with Crippen molar-refractivity contribution in [2.45, 2.75) is 46.5 Å². The Balaban J connectivity index is 0. The van der Waals surface area contributed by atoms with Crippen LogP contribution >= 0.6 is 0 Å². The highest BCUT2D eigenvalue weighted by atomic mass is 16.4. The number of hydrogen-bond donors (Lipinski definition) is 2. The number of carboxylic acid groups (broad SMARTS) is 1. The van der Waals surface area contributed by atoms with Crippen LogP contribution in [0.1, 0.15) is 46.5 Å². The molecule has 0 saturated heterocycles. The van der Waals surface area contributed by atoms with E-state index < -0.39 is 5.97 Å². The summed E-state index contributed by atoms with van der Waals surface area (Å²) in [6, 6.07) is 0. The molecule has 0 amide bonds. The van der Waals surface area contributed by atoms with Crippen LogP contribution in [0, 0.1) is 5.92 Å². The van der Waals surface area contributed by atoms with Crippen molar-refractivity contribution in [3.05, 3.63) is 0 Å². The van der Waals surface area contributed by atoms with Crippen molar-refractivity contribution < 1.29 is 15.0 Å². The van der Waals surface area contributed by atoms with E-state index in [1.54, 1.807) is 0 Å². The summed E-state index contributed by atoms with van der Waals surface area (Å²) < 4.78 is 0. The third-order valence-corrected chi connectivity index (χ3v) is 1.34. The molecule has 0 heterocycles. The summed E-state index contributed by atoms with van der Waals surface area (Å²) in [6.45, 7) is 6.24. The summed E-state index contributed by atoms with van der Waals surface area (Å²) in [7, 11) is 0. The van der Waals surface area contributed by atoms with Gasteiger partial charge in [-0.15, -0.1) is 0 Å². The van der Waals surface area contributed by atoms with E-state index in [1.807, 2.05) is 13.8 Å². The van der Waals surface area contributed by atoms with Crippen LogP contribution < -0.4 is 0 Å². The third kappa shape index (κ3) is 24.6. The highest BCUT2D eigenvalue weighted by Crippen LogP contribution is 1.96. The Morgan fingerprint density at radius 1 is 1.31 bits per heavy atom. The molecule has 0 atom stereocenters. The van der Waals surface area contributed by atoms with Crippen LogP contribution in [-0.4, -0.2) is 22.8 Å². The number of hydrogen-bond acceptors (Lipinski definition) is 2. The highest BCUT2D eigenvalue weighted by molar-refractivity contribution is 5.66. The number of rotatable bonds is 5. The van der Waals surface area contributed by atoms with Gasteiger partial charge in [-0.25, -0.2) is 0 Å². The van der Waals surface area contributed by atoms with E-state index in [0.717, 1.165) is 12.8 Å². The number of carboxylic acids is 1. The topological polar surface area (TPSA) is 57.5 Å². The maximum Gasteiger partial charge on any atom is 0.303 e. The van der Waals surface area contributed by atoms with Crippen molar-refractivity contribution in [3.63, 3.8) is 0 Å². The van der Waals surface area contributed by atoms with Crippen molar-refractivity contribution in [2.24, 2.45) is 5.92 Å². The first-order valence-electron chi connectivity index (χ1n) is 4.87. The number of aliphatic hydroxyl groups is 1. The molecule has 0 aliphatic rings. The third-order valence-electron chi connectivity index (χ3n) is 1.34. The summed E-state index contributed by atoms with van der Waals surface area (Å²) in [5.74, 6) is -0.438. The van der Waals surface area contributed by atoms with Gasteiger partial charge in [0.15, 0.2) is 0 Å². The molecule has 3 heteroatoms. The lowest BCUT2D eigenvalue weighted by atomic mass is 10.1. The van der Waals surface area contributed by atoms with E-state index in [9.17, 15) is 4.79 Å². The molecule has 3 nitrogen and oxygen atoms in total. The molecule has 0 aliphatic carbocycles. The molecular weight excluding hydrogens is 168 g/mol. The smallest absolute Gasteiger partial charge is 0.303 e. The monoisotopic (exact) mass is 190 g/mol. The molecule has 0 radical (unpaired) electrons. The van der Waals surface area contributed by atoms with Gasteiger partial charge in [-0.2, -0.15) is 0 Å². The Bertz CT molecular complexity index is 107. The SMILES string of the molecule is CC(C)CC(=O)O.CCCCCO. The minimum absolute atomic E-state index is 0.275. The molecule has 0 unspecified atom stereocenters. The van der Waals surface area contributed by atoms with Crippen LogP contribution in [0.5, 0.6) is 0 Å². The molecule has 0 fully saturated rings. The van der Waals surface area contributed by atoms with E-state index in [1.165, 1.54) is 6.42 Å². The largest absolute Gasteiger partial charge is 0.481 e. The van der Waals surface area contributed by atoms with Crippen LogP contribution in [0.3, 0.4) is 0 Å². The molecule has 0 rings (SSSR count). The van der Waals surface area contributed by atoms with E-state index in [2.05, 4.69) is 6.92 Å². The zero-order valence-corrected chi connectivity index (χ0v) is 8.92. The predicted molar refractivity (Wildman–Crippen MR) is 53.7 cm³/mol. The van der Waals surface area contributed by atoms with Crippen LogP contribution in [0.4, 0.5) is 0 Å². The number of aliphatic carboxylic acids is 1. The highest BCUT2D eigenvalue weighted by Gasteiger charge is 1.98. The van der Waals surface area contributed by atoms with Gasteiger partial charge in [0, 0.05) is 13.0 Å². The van der Waals surface area contributed by atoms with Gasteiger partial charge in [0.05, 0.1) is 0 Å². The fourth-order valence-corrected chi connectivity index (χ4v) is 0.711. The summed E-state index contributed by atoms with van der Waals surface area (Å²) in [5, 5.41) is 16.3. The standard InChI is InChI=1S/C5H10O2.C5H12O/c1-4(2)3-5(6)7;1-2-3-4-5-6/h4H,3H2,1-2H3,(H,6,7);6H,2-5H2,1H3. The molecule has 0 bridgehead atoms. The van der Waals surface area contributed by atoms with Crippen LogP contribution in [-0.2, 0) is 4.79 Å². The normalized spacial score (nSPS) is 9.31. The van der Waals surface area contributed by atoms with Gasteiger partial charge >= 0.3 is 5.97 Å². The minimum atomic E-state index is -0.713. The average Bonchev–Trinajstić information content (AvgIpc) is 1.99. The van der Waals surface area contributed by atoms with Crippen LogP contribution in [0.25, 0.3) is 0 Å². The molecule has 0 aromatic carbocycles. The Labute approximate surface area is 80.8 Å². The second-order valence-electron chi connectivity index (χ2n) is 3.42. The maximum absolute atomic E-state index is 9.81. The van der Waals surface area contributed by atoms with E-state index in [-0.39, 0.29) is 12.3 Å². The second kappa shape index (κ2) is 11.4. The van der Waals surface area contributed by atoms with E-state index >= 15 is 0 Å².